The highest BCUT2D eigenvalue weighted by atomic mass is 32.2. The van der Waals surface area contributed by atoms with E-state index in [1.54, 1.807) is 12.1 Å². The molecule has 8 nitrogen and oxygen atoms in total. The van der Waals surface area contributed by atoms with E-state index in [0.29, 0.717) is 18.8 Å². The van der Waals surface area contributed by atoms with Gasteiger partial charge in [-0.1, -0.05) is 24.3 Å². The van der Waals surface area contributed by atoms with E-state index in [4.69, 9.17) is 5.73 Å². The third-order valence-electron chi connectivity index (χ3n) is 5.47. The number of carbonyl (C=O) groups excluding carboxylic acids is 2. The molecule has 1 saturated heterocycles. The van der Waals surface area contributed by atoms with Crippen LogP contribution in [-0.2, 0) is 21.4 Å². The number of amides is 2. The van der Waals surface area contributed by atoms with Crippen LogP contribution >= 0.6 is 0 Å². The van der Waals surface area contributed by atoms with Crippen molar-refractivity contribution in [1.29, 1.82) is 0 Å². The zero-order valence-electron chi connectivity index (χ0n) is 18.1. The Labute approximate surface area is 192 Å². The molecule has 1 heterocycles. The number of hydrogen-bond donors (Lipinski definition) is 3. The van der Waals surface area contributed by atoms with Crippen LogP contribution in [0.4, 0.5) is 10.1 Å². The first-order chi connectivity index (χ1) is 15.7. The van der Waals surface area contributed by atoms with Gasteiger partial charge in [-0.3, -0.25) is 14.5 Å². The molecule has 1 aliphatic heterocycles. The molecule has 2 aromatic rings. The minimum Gasteiger partial charge on any atom is -0.369 e. The lowest BCUT2D eigenvalue weighted by molar-refractivity contribution is -0.123. The van der Waals surface area contributed by atoms with Gasteiger partial charge >= 0.3 is 0 Å². The summed E-state index contributed by atoms with van der Waals surface area (Å²) >= 11 is 0. The van der Waals surface area contributed by atoms with Crippen molar-refractivity contribution in [2.75, 3.05) is 25.0 Å². The smallest absolute Gasteiger partial charge is 0.255 e. The lowest BCUT2D eigenvalue weighted by Crippen LogP contribution is -2.40. The number of rotatable bonds is 9. The maximum Gasteiger partial charge on any atom is 0.255 e. The van der Waals surface area contributed by atoms with Gasteiger partial charge in [-0.05, 0) is 49.2 Å². The maximum atomic E-state index is 14.2. The Morgan fingerprint density at radius 3 is 2.73 bits per heavy atom. The minimum atomic E-state index is -4.14. The molecular formula is C23H27FN4O4S. The molecule has 0 saturated carbocycles. The van der Waals surface area contributed by atoms with Crippen LogP contribution in [0.3, 0.4) is 0 Å². The number of nitrogens with one attached hydrogen (secondary N) is 2. The van der Waals surface area contributed by atoms with Crippen molar-refractivity contribution >= 4 is 27.5 Å². The summed E-state index contributed by atoms with van der Waals surface area (Å²) in [4.78, 5) is 25.9. The second-order valence-electron chi connectivity index (χ2n) is 7.87. The van der Waals surface area contributed by atoms with E-state index in [0.717, 1.165) is 37.1 Å². The second kappa shape index (κ2) is 10.7. The predicted octanol–water partition coefficient (Wildman–Crippen LogP) is 2.24. The quantitative estimate of drug-likeness (QED) is 0.481. The van der Waals surface area contributed by atoms with E-state index in [1.165, 1.54) is 12.1 Å². The van der Waals surface area contributed by atoms with Gasteiger partial charge in [0.25, 0.3) is 5.91 Å². The molecular weight excluding hydrogens is 447 g/mol. The number of primary amides is 1. The summed E-state index contributed by atoms with van der Waals surface area (Å²) in [7, 11) is -4.14. The molecule has 33 heavy (non-hydrogen) atoms. The second-order valence-corrected chi connectivity index (χ2v) is 9.61. The Balaban J connectivity index is 1.78. The molecule has 0 bridgehead atoms. The maximum absolute atomic E-state index is 14.2. The van der Waals surface area contributed by atoms with Crippen LogP contribution in [0, 0.1) is 11.7 Å². The number of para-hydroxylation sites is 1. The minimum absolute atomic E-state index is 0.00283. The van der Waals surface area contributed by atoms with Gasteiger partial charge in [0, 0.05) is 30.9 Å². The average Bonchev–Trinajstić information content (AvgIpc) is 2.79. The Morgan fingerprint density at radius 1 is 1.24 bits per heavy atom. The van der Waals surface area contributed by atoms with Crippen molar-refractivity contribution in [2.24, 2.45) is 11.7 Å². The van der Waals surface area contributed by atoms with Crippen LogP contribution in [0.25, 0.3) is 0 Å². The van der Waals surface area contributed by atoms with Crippen LogP contribution in [-0.4, -0.2) is 44.8 Å². The topological polar surface area (TPSA) is 122 Å². The largest absolute Gasteiger partial charge is 0.369 e. The molecule has 0 aliphatic carbocycles. The van der Waals surface area contributed by atoms with Crippen molar-refractivity contribution in [2.45, 2.75) is 24.3 Å². The molecule has 4 N–H and O–H groups in total. The van der Waals surface area contributed by atoms with Crippen LogP contribution < -0.4 is 15.8 Å². The standard InChI is InChI=1S/C23H27FN4O4S/c1-2-11-26-33(31,32)21-13-16(9-10-19(21)24)23(30)27-20-8-4-3-6-17(20)14-28-12-5-7-18(15-28)22(25)29/h2-4,6,8-10,13,18,26H,1,5,7,11-12,14-15H2,(H2,25,29)(H,27,30). The number of piperidine rings is 1. The number of nitrogens with zero attached hydrogens (tertiary/aromatic N) is 1. The third-order valence-corrected chi connectivity index (χ3v) is 6.91. The number of hydrogen-bond acceptors (Lipinski definition) is 5. The van der Waals surface area contributed by atoms with Crippen LogP contribution in [0.1, 0.15) is 28.8 Å². The fourth-order valence-electron chi connectivity index (χ4n) is 3.74. The number of anilines is 1. The molecule has 3 rings (SSSR count). The van der Waals surface area contributed by atoms with E-state index in [2.05, 4.69) is 21.5 Å². The molecule has 0 radical (unpaired) electrons. The van der Waals surface area contributed by atoms with E-state index in [1.807, 2.05) is 12.1 Å². The van der Waals surface area contributed by atoms with Gasteiger partial charge in [-0.25, -0.2) is 17.5 Å². The lowest BCUT2D eigenvalue weighted by Gasteiger charge is -2.31. The molecule has 1 unspecified atom stereocenters. The summed E-state index contributed by atoms with van der Waals surface area (Å²) in [6.07, 6.45) is 2.95. The number of nitrogens with two attached hydrogens (primary N) is 1. The zero-order chi connectivity index (χ0) is 24.0. The van der Waals surface area contributed by atoms with Gasteiger partial charge < -0.3 is 11.1 Å². The van der Waals surface area contributed by atoms with Gasteiger partial charge in [0.15, 0.2) is 0 Å². The molecule has 0 spiro atoms. The number of sulfonamides is 1. The Kier molecular flexibility index (Phi) is 7.96. The van der Waals surface area contributed by atoms with Crippen molar-refractivity contribution in [3.05, 3.63) is 72.1 Å². The molecule has 2 amide bonds. The highest BCUT2D eigenvalue weighted by molar-refractivity contribution is 7.89. The van der Waals surface area contributed by atoms with E-state index in [9.17, 15) is 22.4 Å². The van der Waals surface area contributed by atoms with E-state index in [-0.39, 0.29) is 23.9 Å². The first kappa shape index (κ1) is 24.6. The number of halogens is 1. The molecule has 10 heteroatoms. The fraction of sp³-hybridized carbons (Fsp3) is 0.304. The van der Waals surface area contributed by atoms with E-state index >= 15 is 0 Å². The van der Waals surface area contributed by atoms with Gasteiger partial charge in [-0.2, -0.15) is 0 Å². The summed E-state index contributed by atoms with van der Waals surface area (Å²) in [5, 5.41) is 2.78. The number of benzene rings is 2. The highest BCUT2D eigenvalue weighted by Gasteiger charge is 2.25. The van der Waals surface area contributed by atoms with Crippen molar-refractivity contribution in [3.63, 3.8) is 0 Å². The van der Waals surface area contributed by atoms with Crippen LogP contribution in [0.2, 0.25) is 0 Å². The first-order valence-corrected chi connectivity index (χ1v) is 12.0. The molecule has 0 aromatic heterocycles. The highest BCUT2D eigenvalue weighted by Crippen LogP contribution is 2.23. The van der Waals surface area contributed by atoms with Gasteiger partial charge in [0.2, 0.25) is 15.9 Å². The molecule has 1 aliphatic rings. The molecule has 1 fully saturated rings. The van der Waals surface area contributed by atoms with Gasteiger partial charge in [-0.15, -0.1) is 6.58 Å². The fourth-order valence-corrected chi connectivity index (χ4v) is 4.84. The van der Waals surface area contributed by atoms with Crippen molar-refractivity contribution < 1.29 is 22.4 Å². The summed E-state index contributed by atoms with van der Waals surface area (Å²) in [5.74, 6) is -2.05. The first-order valence-electron chi connectivity index (χ1n) is 10.5. The van der Waals surface area contributed by atoms with Crippen LogP contribution in [0.15, 0.2) is 60.0 Å². The lowest BCUT2D eigenvalue weighted by atomic mass is 9.97. The zero-order valence-corrected chi connectivity index (χ0v) is 18.9. The third kappa shape index (κ3) is 6.25. The SMILES string of the molecule is C=CCNS(=O)(=O)c1cc(C(=O)Nc2ccccc2CN2CCCC(C(N)=O)C2)ccc1F. The summed E-state index contributed by atoms with van der Waals surface area (Å²) in [5.41, 5.74) is 6.83. The molecule has 176 valence electrons. The summed E-state index contributed by atoms with van der Waals surface area (Å²) in [6.45, 7) is 5.22. The monoisotopic (exact) mass is 474 g/mol. The van der Waals surface area contributed by atoms with Gasteiger partial charge in [0.1, 0.15) is 10.7 Å². The normalized spacial score (nSPS) is 16.8. The average molecular weight is 475 g/mol. The Morgan fingerprint density at radius 2 is 2.00 bits per heavy atom. The van der Waals surface area contributed by atoms with Gasteiger partial charge in [0.05, 0.1) is 5.92 Å². The summed E-state index contributed by atoms with van der Waals surface area (Å²) in [6, 6.07) is 10.4. The van der Waals surface area contributed by atoms with Crippen LogP contribution in [0.5, 0.6) is 0 Å². The Hall–Kier alpha value is -3.08. The predicted molar refractivity (Wildman–Crippen MR) is 123 cm³/mol. The molecule has 1 atom stereocenters. The number of carbonyl (C=O) groups is 2. The summed E-state index contributed by atoms with van der Waals surface area (Å²) < 4.78 is 41.0. The van der Waals surface area contributed by atoms with E-state index < -0.39 is 26.6 Å². The molecule has 2 aromatic carbocycles. The van der Waals surface area contributed by atoms with Crippen molar-refractivity contribution in [3.8, 4) is 0 Å². The Bertz CT molecular complexity index is 1150. The van der Waals surface area contributed by atoms with Crippen molar-refractivity contribution in [1.82, 2.24) is 9.62 Å². The number of likely N-dealkylation sites (tertiary alicyclic amines) is 1.